The number of hydrogen-bond donors (Lipinski definition) is 1. The number of imidazole rings is 1. The van der Waals surface area contributed by atoms with Crippen LogP contribution in [0.3, 0.4) is 0 Å². The number of esters is 1. The number of carbonyl (C=O) groups is 2. The van der Waals surface area contributed by atoms with E-state index in [-0.39, 0.29) is 24.5 Å². The molecule has 0 aliphatic rings. The SMILES string of the molecule is CCOC(=O)c1[nH]cnc1C(=O)N(CC)CC(F)(F)F. The van der Waals surface area contributed by atoms with Crippen molar-refractivity contribution in [1.29, 1.82) is 0 Å². The Hall–Kier alpha value is -2.06. The van der Waals surface area contributed by atoms with Crippen LogP contribution in [-0.2, 0) is 4.74 Å². The molecule has 1 rings (SSSR count). The third-order valence-electron chi connectivity index (χ3n) is 2.36. The monoisotopic (exact) mass is 293 g/mol. The second-order valence-corrected chi connectivity index (χ2v) is 3.78. The van der Waals surface area contributed by atoms with Gasteiger partial charge in [0.15, 0.2) is 11.4 Å². The molecule has 9 heteroatoms. The Morgan fingerprint density at radius 2 is 2.05 bits per heavy atom. The topological polar surface area (TPSA) is 75.3 Å². The van der Waals surface area contributed by atoms with Gasteiger partial charge in [-0.05, 0) is 13.8 Å². The predicted molar refractivity (Wildman–Crippen MR) is 62.2 cm³/mol. The lowest BCUT2D eigenvalue weighted by Gasteiger charge is -2.21. The van der Waals surface area contributed by atoms with E-state index in [9.17, 15) is 22.8 Å². The van der Waals surface area contributed by atoms with Crippen LogP contribution in [0, 0.1) is 0 Å². The Bertz CT molecular complexity index is 485. The van der Waals surface area contributed by atoms with Gasteiger partial charge >= 0.3 is 12.1 Å². The Kier molecular flexibility index (Phi) is 5.12. The summed E-state index contributed by atoms with van der Waals surface area (Å²) in [5.41, 5.74) is -0.632. The number of carbonyl (C=O) groups excluding carboxylic acids is 2. The van der Waals surface area contributed by atoms with Gasteiger partial charge in [-0.2, -0.15) is 13.2 Å². The molecular formula is C11H14F3N3O3. The lowest BCUT2D eigenvalue weighted by atomic mass is 10.2. The van der Waals surface area contributed by atoms with Gasteiger partial charge in [0, 0.05) is 6.54 Å². The number of H-pyrrole nitrogens is 1. The number of aromatic amines is 1. The number of aromatic nitrogens is 2. The van der Waals surface area contributed by atoms with Crippen molar-refractivity contribution < 1.29 is 27.5 Å². The van der Waals surface area contributed by atoms with Crippen LogP contribution in [0.25, 0.3) is 0 Å². The number of nitrogens with one attached hydrogen (secondary N) is 1. The Morgan fingerprint density at radius 1 is 1.40 bits per heavy atom. The maximum absolute atomic E-state index is 12.4. The first-order valence-electron chi connectivity index (χ1n) is 5.86. The molecule has 0 aliphatic heterocycles. The minimum atomic E-state index is -4.52. The lowest BCUT2D eigenvalue weighted by Crippen LogP contribution is -2.39. The highest BCUT2D eigenvalue weighted by atomic mass is 19.4. The van der Waals surface area contributed by atoms with E-state index in [1.54, 1.807) is 6.92 Å². The van der Waals surface area contributed by atoms with Crippen LogP contribution < -0.4 is 0 Å². The van der Waals surface area contributed by atoms with Crippen molar-refractivity contribution in [2.45, 2.75) is 20.0 Å². The summed E-state index contributed by atoms with van der Waals surface area (Å²) in [7, 11) is 0. The molecule has 112 valence electrons. The van der Waals surface area contributed by atoms with Crippen molar-refractivity contribution in [3.05, 3.63) is 17.7 Å². The van der Waals surface area contributed by atoms with Crippen molar-refractivity contribution in [3.63, 3.8) is 0 Å². The van der Waals surface area contributed by atoms with Gasteiger partial charge in [0.1, 0.15) is 6.54 Å². The molecule has 0 unspecified atom stereocenters. The highest BCUT2D eigenvalue weighted by molar-refractivity contribution is 6.02. The first kappa shape index (κ1) is 16.0. The Balaban J connectivity index is 2.96. The molecule has 6 nitrogen and oxygen atoms in total. The van der Waals surface area contributed by atoms with Crippen molar-refractivity contribution in [3.8, 4) is 0 Å². The van der Waals surface area contributed by atoms with Crippen molar-refractivity contribution in [2.24, 2.45) is 0 Å². The van der Waals surface area contributed by atoms with Crippen molar-refractivity contribution in [1.82, 2.24) is 14.9 Å². The summed E-state index contributed by atoms with van der Waals surface area (Å²) in [5.74, 6) is -1.81. The number of hydrogen-bond acceptors (Lipinski definition) is 4. The fraction of sp³-hybridized carbons (Fsp3) is 0.545. The first-order valence-corrected chi connectivity index (χ1v) is 5.86. The van der Waals surface area contributed by atoms with Gasteiger partial charge in [0.25, 0.3) is 5.91 Å². The van der Waals surface area contributed by atoms with E-state index >= 15 is 0 Å². The average Bonchev–Trinajstić information content (AvgIpc) is 2.83. The van der Waals surface area contributed by atoms with E-state index in [4.69, 9.17) is 0 Å². The third kappa shape index (κ3) is 3.97. The van der Waals surface area contributed by atoms with Crippen molar-refractivity contribution >= 4 is 11.9 Å². The van der Waals surface area contributed by atoms with Crippen LogP contribution in [0.15, 0.2) is 6.33 Å². The third-order valence-corrected chi connectivity index (χ3v) is 2.36. The predicted octanol–water partition coefficient (Wildman–Crippen LogP) is 1.61. The number of halogens is 3. The van der Waals surface area contributed by atoms with E-state index in [1.807, 2.05) is 0 Å². The quantitative estimate of drug-likeness (QED) is 0.837. The number of ether oxygens (including phenoxy) is 1. The molecule has 0 spiro atoms. The second kappa shape index (κ2) is 6.40. The van der Waals surface area contributed by atoms with Gasteiger partial charge in [-0.25, -0.2) is 9.78 Å². The Labute approximate surface area is 112 Å². The molecule has 0 saturated heterocycles. The van der Waals surface area contributed by atoms with E-state index in [1.165, 1.54) is 6.92 Å². The van der Waals surface area contributed by atoms with Gasteiger partial charge in [-0.15, -0.1) is 0 Å². The summed E-state index contributed by atoms with van der Waals surface area (Å²) in [6.07, 6.45) is -3.47. The lowest BCUT2D eigenvalue weighted by molar-refractivity contribution is -0.140. The largest absolute Gasteiger partial charge is 0.461 e. The van der Waals surface area contributed by atoms with Gasteiger partial charge in [0.2, 0.25) is 0 Å². The molecule has 0 fully saturated rings. The Morgan fingerprint density at radius 3 is 2.55 bits per heavy atom. The summed E-state index contributed by atoms with van der Waals surface area (Å²) >= 11 is 0. The van der Waals surface area contributed by atoms with Crippen LogP contribution in [-0.4, -0.2) is 52.6 Å². The molecule has 1 amide bonds. The van der Waals surface area contributed by atoms with E-state index < -0.39 is 24.6 Å². The number of alkyl halides is 3. The van der Waals surface area contributed by atoms with Crippen LogP contribution >= 0.6 is 0 Å². The average molecular weight is 293 g/mol. The zero-order valence-electron chi connectivity index (χ0n) is 11.0. The number of amides is 1. The zero-order valence-corrected chi connectivity index (χ0v) is 11.0. The highest BCUT2D eigenvalue weighted by Gasteiger charge is 2.34. The molecule has 1 heterocycles. The van der Waals surface area contributed by atoms with Crippen LogP contribution in [0.4, 0.5) is 13.2 Å². The van der Waals surface area contributed by atoms with Crippen LogP contribution in [0.2, 0.25) is 0 Å². The second-order valence-electron chi connectivity index (χ2n) is 3.78. The number of rotatable bonds is 5. The molecule has 20 heavy (non-hydrogen) atoms. The van der Waals surface area contributed by atoms with Gasteiger partial charge in [-0.1, -0.05) is 0 Å². The normalized spacial score (nSPS) is 11.2. The maximum atomic E-state index is 12.4. The molecular weight excluding hydrogens is 279 g/mol. The standard InChI is InChI=1S/C11H14F3N3O3/c1-3-17(5-11(12,13)14)9(18)7-8(16-6-15-7)10(19)20-4-2/h6H,3-5H2,1-2H3,(H,15,16). The minimum absolute atomic E-state index is 0.0749. The summed E-state index contributed by atoms with van der Waals surface area (Å²) in [5, 5.41) is 0. The van der Waals surface area contributed by atoms with Gasteiger partial charge in [-0.3, -0.25) is 4.79 Å². The number of nitrogens with zero attached hydrogens (tertiary/aromatic N) is 2. The van der Waals surface area contributed by atoms with Gasteiger partial charge < -0.3 is 14.6 Å². The smallest absolute Gasteiger partial charge is 0.406 e. The first-order chi connectivity index (χ1) is 9.30. The minimum Gasteiger partial charge on any atom is -0.461 e. The van der Waals surface area contributed by atoms with Crippen LogP contribution in [0.1, 0.15) is 34.8 Å². The highest BCUT2D eigenvalue weighted by Crippen LogP contribution is 2.18. The fourth-order valence-electron chi connectivity index (χ4n) is 1.51. The molecule has 0 radical (unpaired) electrons. The molecule has 0 aromatic carbocycles. The summed E-state index contributed by atoms with van der Waals surface area (Å²) in [6.45, 7) is 1.48. The molecule has 0 aliphatic carbocycles. The molecule has 0 bridgehead atoms. The summed E-state index contributed by atoms with van der Waals surface area (Å²) in [4.78, 5) is 30.1. The maximum Gasteiger partial charge on any atom is 0.406 e. The van der Waals surface area contributed by atoms with E-state index in [0.29, 0.717) is 4.90 Å². The summed E-state index contributed by atoms with van der Waals surface area (Å²) < 4.78 is 41.8. The zero-order chi connectivity index (χ0) is 15.3. The van der Waals surface area contributed by atoms with Crippen LogP contribution in [0.5, 0.6) is 0 Å². The van der Waals surface area contributed by atoms with Gasteiger partial charge in [0.05, 0.1) is 12.9 Å². The van der Waals surface area contributed by atoms with E-state index in [2.05, 4.69) is 14.7 Å². The summed E-state index contributed by atoms with van der Waals surface area (Å²) in [6, 6.07) is 0. The molecule has 0 atom stereocenters. The fourth-order valence-corrected chi connectivity index (χ4v) is 1.51. The van der Waals surface area contributed by atoms with Crippen molar-refractivity contribution in [2.75, 3.05) is 19.7 Å². The van der Waals surface area contributed by atoms with E-state index in [0.717, 1.165) is 6.33 Å². The molecule has 1 aromatic rings. The molecule has 1 aromatic heterocycles. The molecule has 0 saturated carbocycles. The molecule has 1 N–H and O–H groups in total.